The second kappa shape index (κ2) is 6.66. The summed E-state index contributed by atoms with van der Waals surface area (Å²) in [6, 6.07) is 7.03. The summed E-state index contributed by atoms with van der Waals surface area (Å²) in [5.41, 5.74) is 0.955. The first-order valence-electron chi connectivity index (χ1n) is 7.12. The van der Waals surface area contributed by atoms with Gasteiger partial charge in [-0.15, -0.1) is 13.2 Å². The zero-order chi connectivity index (χ0) is 15.5. The average molecular weight is 302 g/mol. The van der Waals surface area contributed by atoms with Crippen molar-refractivity contribution in [3.8, 4) is 5.75 Å². The number of alkyl halides is 3. The van der Waals surface area contributed by atoms with E-state index in [1.807, 2.05) is 0 Å². The van der Waals surface area contributed by atoms with Gasteiger partial charge in [-0.25, -0.2) is 0 Å². The van der Waals surface area contributed by atoms with Crippen LogP contribution < -0.4 is 10.1 Å². The van der Waals surface area contributed by atoms with Crippen molar-refractivity contribution in [2.24, 2.45) is 0 Å². The van der Waals surface area contributed by atoms with Gasteiger partial charge in [0.15, 0.2) is 0 Å². The van der Waals surface area contributed by atoms with Crippen LogP contribution >= 0.6 is 0 Å². The molecular weight excluding hydrogens is 281 g/mol. The van der Waals surface area contributed by atoms with Crippen molar-refractivity contribution in [1.82, 2.24) is 10.2 Å². The third-order valence-corrected chi connectivity index (χ3v) is 3.96. The zero-order valence-corrected chi connectivity index (χ0v) is 12.3. The second-order valence-electron chi connectivity index (χ2n) is 5.62. The molecule has 2 atom stereocenters. The largest absolute Gasteiger partial charge is 0.573 e. The molecule has 1 aliphatic heterocycles. The van der Waals surface area contributed by atoms with Gasteiger partial charge >= 0.3 is 6.36 Å². The molecule has 2 unspecified atom stereocenters. The maximum Gasteiger partial charge on any atom is 0.573 e. The van der Waals surface area contributed by atoms with Gasteiger partial charge in [0.1, 0.15) is 5.75 Å². The first-order chi connectivity index (χ1) is 9.83. The van der Waals surface area contributed by atoms with E-state index in [-0.39, 0.29) is 5.75 Å². The normalized spacial score (nSPS) is 24.0. The van der Waals surface area contributed by atoms with Crippen LogP contribution in [0, 0.1) is 0 Å². The number of benzene rings is 1. The van der Waals surface area contributed by atoms with Gasteiger partial charge in [0.05, 0.1) is 0 Å². The highest BCUT2D eigenvalue weighted by Crippen LogP contribution is 2.23. The van der Waals surface area contributed by atoms with Gasteiger partial charge in [0.25, 0.3) is 0 Å². The number of hydrogen-bond donors (Lipinski definition) is 1. The Morgan fingerprint density at radius 1 is 1.29 bits per heavy atom. The molecule has 0 radical (unpaired) electrons. The molecule has 1 N–H and O–H groups in total. The smallest absolute Gasteiger partial charge is 0.406 e. The van der Waals surface area contributed by atoms with Crippen LogP contribution in [0.4, 0.5) is 13.2 Å². The molecule has 0 saturated carbocycles. The van der Waals surface area contributed by atoms with Gasteiger partial charge in [0.2, 0.25) is 0 Å². The van der Waals surface area contributed by atoms with Crippen molar-refractivity contribution < 1.29 is 17.9 Å². The molecule has 0 aliphatic carbocycles. The fraction of sp³-hybridized carbons (Fsp3) is 0.600. The van der Waals surface area contributed by atoms with Crippen LogP contribution in [0.25, 0.3) is 0 Å². The summed E-state index contributed by atoms with van der Waals surface area (Å²) in [4.78, 5) is 2.33. The molecule has 1 heterocycles. The molecule has 0 bridgehead atoms. The van der Waals surface area contributed by atoms with Crippen LogP contribution in [0.1, 0.15) is 25.3 Å². The Hall–Kier alpha value is -1.27. The fourth-order valence-corrected chi connectivity index (χ4v) is 2.55. The Kier molecular flexibility index (Phi) is 5.11. The lowest BCUT2D eigenvalue weighted by Crippen LogP contribution is -2.45. The Balaban J connectivity index is 1.81. The first-order valence-corrected chi connectivity index (χ1v) is 7.12. The van der Waals surface area contributed by atoms with Gasteiger partial charge in [0, 0.05) is 18.6 Å². The summed E-state index contributed by atoms with van der Waals surface area (Å²) < 4.78 is 40.0. The van der Waals surface area contributed by atoms with Crippen molar-refractivity contribution in [3.63, 3.8) is 0 Å². The number of hydrogen-bond acceptors (Lipinski definition) is 3. The molecule has 0 amide bonds. The number of nitrogens with zero attached hydrogens (tertiary/aromatic N) is 1. The van der Waals surface area contributed by atoms with E-state index in [4.69, 9.17) is 0 Å². The molecular formula is C15H21F3N2O. The predicted octanol–water partition coefficient (Wildman–Crippen LogP) is 3.16. The summed E-state index contributed by atoms with van der Waals surface area (Å²) in [5, 5.41) is 3.47. The molecule has 2 rings (SSSR count). The number of rotatable bonds is 4. The molecule has 1 aromatic carbocycles. The van der Waals surface area contributed by atoms with Crippen LogP contribution in [-0.2, 0) is 6.54 Å². The average Bonchev–Trinajstić information content (AvgIpc) is 2.40. The second-order valence-corrected chi connectivity index (χ2v) is 5.62. The van der Waals surface area contributed by atoms with Gasteiger partial charge in [-0.3, -0.25) is 0 Å². The van der Waals surface area contributed by atoms with Crippen molar-refractivity contribution in [1.29, 1.82) is 0 Å². The molecule has 1 fully saturated rings. The number of halogens is 3. The van der Waals surface area contributed by atoms with Gasteiger partial charge in [-0.2, -0.15) is 0 Å². The molecule has 6 heteroatoms. The third kappa shape index (κ3) is 5.21. The van der Waals surface area contributed by atoms with E-state index in [0.717, 1.165) is 24.9 Å². The molecule has 1 aliphatic rings. The van der Waals surface area contributed by atoms with Gasteiger partial charge < -0.3 is 15.0 Å². The fourth-order valence-electron chi connectivity index (χ4n) is 2.55. The lowest BCUT2D eigenvalue weighted by atomic mass is 9.99. The lowest BCUT2D eigenvalue weighted by Gasteiger charge is -2.35. The molecule has 3 nitrogen and oxygen atoms in total. The molecule has 0 aromatic heterocycles. The van der Waals surface area contributed by atoms with Crippen LogP contribution in [-0.4, -0.2) is 36.9 Å². The standard InChI is InChI=1S/C15H21F3N2O/c1-11-9-13(7-8-20(11)2)19-10-12-3-5-14(6-4-12)21-15(16,17)18/h3-6,11,13,19H,7-10H2,1-2H3. The minimum atomic E-state index is -4.63. The number of nitrogens with one attached hydrogen (secondary N) is 1. The third-order valence-electron chi connectivity index (χ3n) is 3.96. The SMILES string of the molecule is CC1CC(NCc2ccc(OC(F)(F)F)cc2)CCN1C. The Bertz CT molecular complexity index is 447. The highest BCUT2D eigenvalue weighted by Gasteiger charge is 2.31. The van der Waals surface area contributed by atoms with Crippen LogP contribution in [0.15, 0.2) is 24.3 Å². The quantitative estimate of drug-likeness (QED) is 0.924. The van der Waals surface area contributed by atoms with E-state index >= 15 is 0 Å². The van der Waals surface area contributed by atoms with E-state index in [9.17, 15) is 13.2 Å². The van der Waals surface area contributed by atoms with Crippen LogP contribution in [0.5, 0.6) is 5.75 Å². The zero-order valence-electron chi connectivity index (χ0n) is 12.3. The minimum absolute atomic E-state index is 0.181. The van der Waals surface area contributed by atoms with E-state index in [1.165, 1.54) is 12.1 Å². The van der Waals surface area contributed by atoms with Crippen LogP contribution in [0.3, 0.4) is 0 Å². The topological polar surface area (TPSA) is 24.5 Å². The summed E-state index contributed by atoms with van der Waals surface area (Å²) in [6.07, 6.45) is -2.45. The number of ether oxygens (including phenoxy) is 1. The van der Waals surface area contributed by atoms with E-state index < -0.39 is 6.36 Å². The van der Waals surface area contributed by atoms with Crippen molar-refractivity contribution >= 4 is 0 Å². The number of piperidine rings is 1. The Morgan fingerprint density at radius 3 is 2.52 bits per heavy atom. The molecule has 21 heavy (non-hydrogen) atoms. The van der Waals surface area contributed by atoms with Gasteiger partial charge in [-0.05, 0) is 51.1 Å². The van der Waals surface area contributed by atoms with E-state index in [1.54, 1.807) is 12.1 Å². The van der Waals surface area contributed by atoms with Gasteiger partial charge in [-0.1, -0.05) is 12.1 Å². The van der Waals surface area contributed by atoms with E-state index in [0.29, 0.717) is 18.6 Å². The van der Waals surface area contributed by atoms with Crippen molar-refractivity contribution in [2.75, 3.05) is 13.6 Å². The molecule has 1 saturated heterocycles. The van der Waals surface area contributed by atoms with E-state index in [2.05, 4.69) is 28.9 Å². The maximum absolute atomic E-state index is 12.1. The number of likely N-dealkylation sites (tertiary alicyclic amines) is 1. The maximum atomic E-state index is 12.1. The summed E-state index contributed by atoms with van der Waals surface area (Å²) >= 11 is 0. The highest BCUT2D eigenvalue weighted by atomic mass is 19.4. The van der Waals surface area contributed by atoms with Crippen molar-refractivity contribution in [3.05, 3.63) is 29.8 Å². The summed E-state index contributed by atoms with van der Waals surface area (Å²) in [7, 11) is 2.13. The molecule has 1 aromatic rings. The highest BCUT2D eigenvalue weighted by molar-refractivity contribution is 5.27. The molecule has 0 spiro atoms. The molecule has 118 valence electrons. The summed E-state index contributed by atoms with van der Waals surface area (Å²) in [5.74, 6) is -0.181. The Morgan fingerprint density at radius 2 is 1.95 bits per heavy atom. The Labute approximate surface area is 123 Å². The predicted molar refractivity (Wildman–Crippen MR) is 75.1 cm³/mol. The minimum Gasteiger partial charge on any atom is -0.406 e. The van der Waals surface area contributed by atoms with Crippen LogP contribution in [0.2, 0.25) is 0 Å². The monoisotopic (exact) mass is 302 g/mol. The van der Waals surface area contributed by atoms with Crippen molar-refractivity contribution in [2.45, 2.75) is 44.8 Å². The first kappa shape index (κ1) is 16.1. The summed E-state index contributed by atoms with van der Waals surface area (Å²) in [6.45, 7) is 3.93. The lowest BCUT2D eigenvalue weighted by molar-refractivity contribution is -0.274.